The van der Waals surface area contributed by atoms with Gasteiger partial charge in [-0.1, -0.05) is 6.07 Å². The van der Waals surface area contributed by atoms with Crippen LogP contribution in [0, 0.1) is 11.6 Å². The second-order valence-corrected chi connectivity index (χ2v) is 10.1. The molecule has 0 spiro atoms. The molecule has 2 aliphatic rings. The van der Waals surface area contributed by atoms with E-state index in [0.717, 1.165) is 17.1 Å². The second kappa shape index (κ2) is 11.9. The zero-order chi connectivity index (χ0) is 28.4. The van der Waals surface area contributed by atoms with Gasteiger partial charge in [-0.25, -0.2) is 31.3 Å². The molecule has 1 aromatic carbocycles. The lowest BCUT2D eigenvalue weighted by atomic mass is 9.97. The fourth-order valence-electron chi connectivity index (χ4n) is 4.46. The molecule has 15 heteroatoms. The Morgan fingerprint density at radius 2 is 1.88 bits per heavy atom. The summed E-state index contributed by atoms with van der Waals surface area (Å²) in [7, 11) is 0. The van der Waals surface area contributed by atoms with Crippen molar-refractivity contribution in [2.75, 3.05) is 19.7 Å². The molecule has 1 fully saturated rings. The number of nitrogens with zero attached hydrogens (tertiary/aromatic N) is 4. The first-order valence-corrected chi connectivity index (χ1v) is 13.2. The van der Waals surface area contributed by atoms with Crippen molar-refractivity contribution in [3.8, 4) is 5.75 Å². The number of amides is 1. The monoisotopic (exact) mass is 587 g/mol. The summed E-state index contributed by atoms with van der Waals surface area (Å²) in [6, 6.07) is 4.05. The molecule has 0 radical (unpaired) electrons. The minimum absolute atomic E-state index is 0.0562. The average Bonchev–Trinajstić information content (AvgIpc) is 3.68. The number of benzene rings is 1. The van der Waals surface area contributed by atoms with Crippen molar-refractivity contribution in [2.24, 2.45) is 0 Å². The Labute approximate surface area is 228 Å². The van der Waals surface area contributed by atoms with Crippen molar-refractivity contribution < 1.29 is 40.7 Å². The lowest BCUT2D eigenvalue weighted by molar-refractivity contribution is -0.133. The first-order valence-electron chi connectivity index (χ1n) is 12.3. The summed E-state index contributed by atoms with van der Waals surface area (Å²) in [4.78, 5) is 24.3. The third-order valence-electron chi connectivity index (χ3n) is 6.54. The molecule has 1 atom stereocenters. The fraction of sp³-hybridized carbons (Fsp3) is 0.400. The Kier molecular flexibility index (Phi) is 8.30. The standard InChI is InChI=1S/C25H23F6N5O3S/c26-15-2-1-3-16(27)22(15)38-11-14-8-17(34-39-14)19-12-40-25(32-19)13-4-6-35(7-5-13)21(37)10-36-20(24(30)31)9-18(33-36)23(28)29/h1-3,8-9,12-14,23-24,34H,4-7,10-11H2. The van der Waals surface area contributed by atoms with Crippen LogP contribution in [0.5, 0.6) is 5.75 Å². The number of halogens is 6. The van der Waals surface area contributed by atoms with Crippen LogP contribution in [-0.2, 0) is 16.2 Å². The molecule has 8 nitrogen and oxygen atoms in total. The van der Waals surface area contributed by atoms with Crippen LogP contribution in [-0.4, -0.2) is 51.4 Å². The lowest BCUT2D eigenvalue weighted by Gasteiger charge is -2.31. The predicted molar refractivity (Wildman–Crippen MR) is 131 cm³/mol. The van der Waals surface area contributed by atoms with Crippen molar-refractivity contribution in [1.82, 2.24) is 25.1 Å². The molecule has 4 heterocycles. The summed E-state index contributed by atoms with van der Waals surface area (Å²) in [5.74, 6) is -2.53. The minimum Gasteiger partial charge on any atom is -0.484 e. The molecular weight excluding hydrogens is 564 g/mol. The second-order valence-electron chi connectivity index (χ2n) is 9.18. The van der Waals surface area contributed by atoms with E-state index < -0.39 is 60.2 Å². The zero-order valence-electron chi connectivity index (χ0n) is 20.7. The van der Waals surface area contributed by atoms with Crippen LogP contribution in [0.2, 0.25) is 0 Å². The van der Waals surface area contributed by atoms with Crippen molar-refractivity contribution in [1.29, 1.82) is 0 Å². The van der Waals surface area contributed by atoms with Gasteiger partial charge in [0, 0.05) is 24.4 Å². The predicted octanol–water partition coefficient (Wildman–Crippen LogP) is 5.22. The number of para-hydroxylation sites is 1. The van der Waals surface area contributed by atoms with Crippen LogP contribution < -0.4 is 10.2 Å². The summed E-state index contributed by atoms with van der Waals surface area (Å²) < 4.78 is 85.7. The van der Waals surface area contributed by atoms with Crippen LogP contribution in [0.25, 0.3) is 5.70 Å². The van der Waals surface area contributed by atoms with E-state index in [1.807, 2.05) is 5.38 Å². The van der Waals surface area contributed by atoms with Gasteiger partial charge in [0.1, 0.15) is 30.6 Å². The van der Waals surface area contributed by atoms with Crippen molar-refractivity contribution in [3.63, 3.8) is 0 Å². The van der Waals surface area contributed by atoms with Crippen LogP contribution in [0.1, 0.15) is 53.7 Å². The van der Waals surface area contributed by atoms with Crippen LogP contribution >= 0.6 is 11.3 Å². The molecule has 1 saturated heterocycles. The van der Waals surface area contributed by atoms with E-state index in [0.29, 0.717) is 48.1 Å². The van der Waals surface area contributed by atoms with Crippen molar-refractivity contribution >= 4 is 22.9 Å². The smallest absolute Gasteiger partial charge is 0.282 e. The molecule has 1 unspecified atom stereocenters. The molecular formula is C25H23F6N5O3S. The molecule has 40 heavy (non-hydrogen) atoms. The average molecular weight is 588 g/mol. The highest BCUT2D eigenvalue weighted by Gasteiger charge is 2.29. The largest absolute Gasteiger partial charge is 0.484 e. The van der Waals surface area contributed by atoms with Gasteiger partial charge in [-0.3, -0.25) is 19.8 Å². The Bertz CT molecular complexity index is 1370. The van der Waals surface area contributed by atoms with Gasteiger partial charge in [0.2, 0.25) is 5.91 Å². The summed E-state index contributed by atoms with van der Waals surface area (Å²) >= 11 is 1.43. The van der Waals surface area contributed by atoms with Gasteiger partial charge in [-0.2, -0.15) is 5.10 Å². The van der Waals surface area contributed by atoms with E-state index in [4.69, 9.17) is 9.57 Å². The number of thiazole rings is 1. The number of hydrogen-bond acceptors (Lipinski definition) is 7. The van der Waals surface area contributed by atoms with E-state index in [-0.39, 0.29) is 12.5 Å². The van der Waals surface area contributed by atoms with Gasteiger partial charge in [0.15, 0.2) is 17.4 Å². The van der Waals surface area contributed by atoms with Gasteiger partial charge in [-0.05, 0) is 37.1 Å². The third kappa shape index (κ3) is 6.09. The highest BCUT2D eigenvalue weighted by Crippen LogP contribution is 2.33. The first kappa shape index (κ1) is 28.0. The van der Waals surface area contributed by atoms with Crippen LogP contribution in [0.3, 0.4) is 0 Å². The number of nitrogens with one attached hydrogen (secondary N) is 1. The van der Waals surface area contributed by atoms with E-state index >= 15 is 0 Å². The Morgan fingerprint density at radius 1 is 1.15 bits per heavy atom. The fourth-order valence-corrected chi connectivity index (χ4v) is 5.45. The number of piperidine rings is 1. The van der Waals surface area contributed by atoms with Crippen molar-refractivity contribution in [2.45, 2.75) is 44.3 Å². The molecule has 1 N–H and O–H groups in total. The Balaban J connectivity index is 1.14. The molecule has 0 bridgehead atoms. The summed E-state index contributed by atoms with van der Waals surface area (Å²) in [5.41, 5.74) is 2.43. The quantitative estimate of drug-likeness (QED) is 0.346. The molecule has 5 rings (SSSR count). The number of likely N-dealkylation sites (tertiary alicyclic amines) is 1. The topological polar surface area (TPSA) is 81.5 Å². The highest BCUT2D eigenvalue weighted by molar-refractivity contribution is 7.09. The number of rotatable bonds is 9. The van der Waals surface area contributed by atoms with Crippen molar-refractivity contribution in [3.05, 3.63) is 69.4 Å². The van der Waals surface area contributed by atoms with Gasteiger partial charge in [0.25, 0.3) is 12.9 Å². The van der Waals surface area contributed by atoms with Crippen LogP contribution in [0.4, 0.5) is 26.3 Å². The number of hydroxylamine groups is 1. The summed E-state index contributed by atoms with van der Waals surface area (Å²) in [6.45, 7) is 0.0221. The maximum absolute atomic E-state index is 13.8. The van der Waals surface area contributed by atoms with E-state index in [2.05, 4.69) is 15.6 Å². The molecule has 0 aliphatic carbocycles. The van der Waals surface area contributed by atoms with E-state index in [1.54, 1.807) is 6.08 Å². The number of carbonyl (C=O) groups excluding carboxylic acids is 1. The maximum atomic E-state index is 13.8. The Morgan fingerprint density at radius 3 is 2.55 bits per heavy atom. The number of aromatic nitrogens is 3. The van der Waals surface area contributed by atoms with Gasteiger partial charge >= 0.3 is 0 Å². The molecule has 0 saturated carbocycles. The minimum atomic E-state index is -3.04. The number of carbonyl (C=O) groups is 1. The number of hydrogen-bond donors (Lipinski definition) is 1. The molecule has 2 aromatic heterocycles. The lowest BCUT2D eigenvalue weighted by Crippen LogP contribution is -2.40. The highest BCUT2D eigenvalue weighted by atomic mass is 32.1. The van der Waals surface area contributed by atoms with Crippen LogP contribution in [0.15, 0.2) is 35.7 Å². The first-order chi connectivity index (χ1) is 19.2. The maximum Gasteiger partial charge on any atom is 0.282 e. The summed E-state index contributed by atoms with van der Waals surface area (Å²) in [5, 5.41) is 6.15. The SMILES string of the molecule is O=C(Cn1nc(C(F)F)cc1C(F)F)N1CCC(c2nc(C3=CC(COc4c(F)cccc4F)ON3)cs2)CC1. The summed E-state index contributed by atoms with van der Waals surface area (Å²) in [6.07, 6.45) is -3.81. The molecule has 214 valence electrons. The third-order valence-corrected chi connectivity index (χ3v) is 7.55. The number of ether oxygens (including phenoxy) is 1. The van der Waals surface area contributed by atoms with Gasteiger partial charge < -0.3 is 9.64 Å². The molecule has 1 amide bonds. The number of alkyl halides is 4. The van der Waals surface area contributed by atoms with Gasteiger partial charge in [-0.15, -0.1) is 11.3 Å². The molecule has 3 aromatic rings. The zero-order valence-corrected chi connectivity index (χ0v) is 21.5. The van der Waals surface area contributed by atoms with Gasteiger partial charge in [0.05, 0.1) is 16.4 Å². The normalized spacial score (nSPS) is 17.9. The Hall–Kier alpha value is -3.59. The van der Waals surface area contributed by atoms with E-state index in [9.17, 15) is 31.1 Å². The van der Waals surface area contributed by atoms with E-state index in [1.165, 1.54) is 22.3 Å². The molecule has 2 aliphatic heterocycles.